The molecular formula is C50H40N2. The van der Waals surface area contributed by atoms with Gasteiger partial charge in [-0.25, -0.2) is 0 Å². The van der Waals surface area contributed by atoms with Crippen LogP contribution in [0.5, 0.6) is 0 Å². The first-order valence-electron chi connectivity index (χ1n) is 17.9. The molecule has 0 radical (unpaired) electrons. The molecule has 1 atom stereocenters. The molecule has 0 spiro atoms. The molecule has 8 rings (SSSR count). The molecular weight excluding hydrogens is 629 g/mol. The van der Waals surface area contributed by atoms with E-state index in [1.54, 1.807) is 0 Å². The molecule has 1 aliphatic rings. The maximum absolute atomic E-state index is 4.23. The lowest BCUT2D eigenvalue weighted by Crippen LogP contribution is -2.15. The Morgan fingerprint density at radius 3 is 1.79 bits per heavy atom. The van der Waals surface area contributed by atoms with E-state index in [9.17, 15) is 0 Å². The molecule has 7 aromatic carbocycles. The molecule has 1 unspecified atom stereocenters. The summed E-state index contributed by atoms with van der Waals surface area (Å²) in [4.78, 5) is 4.64. The molecule has 0 heterocycles. The van der Waals surface area contributed by atoms with Gasteiger partial charge in [0.25, 0.3) is 0 Å². The van der Waals surface area contributed by atoms with Gasteiger partial charge in [-0.2, -0.15) is 0 Å². The number of rotatable bonds is 10. The van der Waals surface area contributed by atoms with Crippen LogP contribution in [0.15, 0.2) is 225 Å². The molecule has 0 saturated carbocycles. The van der Waals surface area contributed by atoms with Gasteiger partial charge >= 0.3 is 0 Å². The Labute approximate surface area is 306 Å². The fourth-order valence-electron chi connectivity index (χ4n) is 7.18. The molecule has 0 aliphatic heterocycles. The highest BCUT2D eigenvalue weighted by Crippen LogP contribution is 2.40. The largest absolute Gasteiger partial charge is 0.310 e. The summed E-state index contributed by atoms with van der Waals surface area (Å²) in [7, 11) is 0. The molecule has 0 aromatic heterocycles. The van der Waals surface area contributed by atoms with Gasteiger partial charge in [0.2, 0.25) is 0 Å². The van der Waals surface area contributed by atoms with E-state index in [1.807, 2.05) is 6.08 Å². The van der Waals surface area contributed by atoms with Crippen LogP contribution in [0.1, 0.15) is 12.0 Å². The first-order chi connectivity index (χ1) is 25.8. The van der Waals surface area contributed by atoms with Gasteiger partial charge < -0.3 is 9.80 Å². The second kappa shape index (κ2) is 15.1. The predicted molar refractivity (Wildman–Crippen MR) is 224 cm³/mol. The van der Waals surface area contributed by atoms with Crippen LogP contribution in [-0.2, 0) is 0 Å². The summed E-state index contributed by atoms with van der Waals surface area (Å²) in [5.41, 5.74) is 9.09. The summed E-state index contributed by atoms with van der Waals surface area (Å²) in [6.45, 7) is 4.23. The number of para-hydroxylation sites is 2. The zero-order valence-electron chi connectivity index (χ0n) is 29.1. The standard InChI is InChI=1S/C50H40N2/c1-2-43(51(44-24-5-3-6-25-44)49-31-15-21-40-19-9-11-29-47(40)49)28-14-18-38-17-13-23-42(37-38)39-33-35-46(36-34-39)52(45-26-7-4-8-27-45)50-32-16-22-41-20-10-12-30-48(41)50/h2-16,18-38H,1,17H2/b18-14+,43-28+. The van der Waals surface area contributed by atoms with Crippen LogP contribution in [0.25, 0.3) is 27.1 Å². The zero-order valence-corrected chi connectivity index (χ0v) is 29.1. The van der Waals surface area contributed by atoms with Crippen molar-refractivity contribution in [1.82, 2.24) is 0 Å². The van der Waals surface area contributed by atoms with Gasteiger partial charge in [0.05, 0.1) is 11.4 Å². The summed E-state index contributed by atoms with van der Waals surface area (Å²) < 4.78 is 0. The van der Waals surface area contributed by atoms with Crippen molar-refractivity contribution in [2.24, 2.45) is 5.92 Å². The second-order valence-electron chi connectivity index (χ2n) is 13.0. The normalized spacial score (nSPS) is 14.4. The number of fused-ring (bicyclic) bond motifs is 2. The lowest BCUT2D eigenvalue weighted by molar-refractivity contribution is 0.825. The van der Waals surface area contributed by atoms with Crippen LogP contribution >= 0.6 is 0 Å². The highest BCUT2D eigenvalue weighted by Gasteiger charge is 2.17. The number of benzene rings is 7. The third kappa shape index (κ3) is 6.75. The third-order valence-corrected chi connectivity index (χ3v) is 9.69. The number of nitrogens with zero attached hydrogens (tertiary/aromatic N) is 2. The highest BCUT2D eigenvalue weighted by atomic mass is 15.2. The van der Waals surface area contributed by atoms with E-state index in [4.69, 9.17) is 0 Å². The first kappa shape index (κ1) is 32.6. The van der Waals surface area contributed by atoms with Gasteiger partial charge in [-0.15, -0.1) is 0 Å². The molecule has 0 amide bonds. The van der Waals surface area contributed by atoms with Crippen molar-refractivity contribution in [3.05, 3.63) is 230 Å². The van der Waals surface area contributed by atoms with E-state index in [-0.39, 0.29) is 5.92 Å². The van der Waals surface area contributed by atoms with E-state index >= 15 is 0 Å². The van der Waals surface area contributed by atoms with Crippen molar-refractivity contribution in [1.29, 1.82) is 0 Å². The zero-order chi connectivity index (χ0) is 35.1. The summed E-state index contributed by atoms with van der Waals surface area (Å²) in [6.07, 6.45) is 16.5. The molecule has 1 aliphatic carbocycles. The molecule has 52 heavy (non-hydrogen) atoms. The van der Waals surface area contributed by atoms with Crippen LogP contribution < -0.4 is 9.80 Å². The lowest BCUT2D eigenvalue weighted by atomic mass is 9.92. The topological polar surface area (TPSA) is 6.48 Å². The van der Waals surface area contributed by atoms with Crippen LogP contribution in [0.4, 0.5) is 28.4 Å². The minimum absolute atomic E-state index is 0.279. The smallest absolute Gasteiger partial charge is 0.0540 e. The fourth-order valence-corrected chi connectivity index (χ4v) is 7.18. The molecule has 0 saturated heterocycles. The molecule has 0 bridgehead atoms. The number of allylic oxidation sites excluding steroid dienone is 8. The van der Waals surface area contributed by atoms with Crippen molar-refractivity contribution < 1.29 is 0 Å². The first-order valence-corrected chi connectivity index (χ1v) is 17.9. The van der Waals surface area contributed by atoms with Crippen LogP contribution in [-0.4, -0.2) is 0 Å². The SMILES string of the molecule is C=C/C(=C\C=C\C1C=C(c2ccc(N(c3ccccc3)c3cccc4ccccc34)cc2)C=CC1)N(c1ccccc1)c1cccc2ccccc12. The van der Waals surface area contributed by atoms with Crippen molar-refractivity contribution in [2.75, 3.05) is 9.80 Å². The Bertz CT molecular complexity index is 2440. The molecule has 2 nitrogen and oxygen atoms in total. The average Bonchev–Trinajstić information content (AvgIpc) is 3.22. The Balaban J connectivity index is 1.08. The number of anilines is 5. The van der Waals surface area contributed by atoms with E-state index in [0.29, 0.717) is 0 Å². The Kier molecular flexibility index (Phi) is 9.44. The van der Waals surface area contributed by atoms with Crippen molar-refractivity contribution in [2.45, 2.75) is 6.42 Å². The van der Waals surface area contributed by atoms with Gasteiger partial charge in [-0.1, -0.05) is 158 Å². The fraction of sp³-hybridized carbons (Fsp3) is 0.0400. The number of hydrogen-bond donors (Lipinski definition) is 0. The summed E-state index contributed by atoms with van der Waals surface area (Å²) in [5, 5.41) is 4.86. The highest BCUT2D eigenvalue weighted by molar-refractivity contribution is 5.99. The Hall–Kier alpha value is -6.64. The monoisotopic (exact) mass is 668 g/mol. The van der Waals surface area contributed by atoms with Gasteiger partial charge in [0, 0.05) is 33.5 Å². The maximum Gasteiger partial charge on any atom is 0.0540 e. The van der Waals surface area contributed by atoms with Crippen LogP contribution in [0.3, 0.4) is 0 Å². The van der Waals surface area contributed by atoms with E-state index < -0.39 is 0 Å². The minimum atomic E-state index is 0.279. The molecule has 0 fully saturated rings. The lowest BCUT2D eigenvalue weighted by Gasteiger charge is -2.27. The minimum Gasteiger partial charge on any atom is -0.310 e. The van der Waals surface area contributed by atoms with Gasteiger partial charge in [-0.3, -0.25) is 0 Å². The van der Waals surface area contributed by atoms with E-state index in [0.717, 1.165) is 40.6 Å². The van der Waals surface area contributed by atoms with Crippen molar-refractivity contribution >= 4 is 55.6 Å². The molecule has 7 aromatic rings. The maximum atomic E-state index is 4.23. The van der Waals surface area contributed by atoms with Crippen LogP contribution in [0, 0.1) is 5.92 Å². The second-order valence-corrected chi connectivity index (χ2v) is 13.0. The third-order valence-electron chi connectivity index (χ3n) is 9.69. The molecule has 0 N–H and O–H groups in total. The number of hydrogen-bond acceptors (Lipinski definition) is 2. The van der Waals surface area contributed by atoms with Gasteiger partial charge in [0.1, 0.15) is 0 Å². The Morgan fingerprint density at radius 2 is 1.12 bits per heavy atom. The summed E-state index contributed by atoms with van der Waals surface area (Å²) >= 11 is 0. The van der Waals surface area contributed by atoms with Crippen molar-refractivity contribution in [3.63, 3.8) is 0 Å². The van der Waals surface area contributed by atoms with E-state index in [2.05, 4.69) is 223 Å². The van der Waals surface area contributed by atoms with Gasteiger partial charge in [0.15, 0.2) is 0 Å². The van der Waals surface area contributed by atoms with Gasteiger partial charge in [-0.05, 0) is 94.9 Å². The average molecular weight is 669 g/mol. The molecule has 250 valence electrons. The Morgan fingerprint density at radius 1 is 0.558 bits per heavy atom. The summed E-state index contributed by atoms with van der Waals surface area (Å²) in [6, 6.07) is 60.2. The van der Waals surface area contributed by atoms with E-state index in [1.165, 1.54) is 32.7 Å². The predicted octanol–water partition coefficient (Wildman–Crippen LogP) is 13.9. The molecule has 2 heteroatoms. The quantitative estimate of drug-likeness (QED) is 0.134. The van der Waals surface area contributed by atoms with Crippen molar-refractivity contribution in [3.8, 4) is 0 Å². The van der Waals surface area contributed by atoms with Crippen LogP contribution in [0.2, 0.25) is 0 Å². The summed E-state index contributed by atoms with van der Waals surface area (Å²) in [5.74, 6) is 0.279.